The molecule has 0 radical (unpaired) electrons. The largest absolute Gasteiger partial charge is 0.511 e. The van der Waals surface area contributed by atoms with Crippen LogP contribution in [0.15, 0.2) is 47.7 Å². The van der Waals surface area contributed by atoms with E-state index in [4.69, 9.17) is 0 Å². The summed E-state index contributed by atoms with van der Waals surface area (Å²) in [5.74, 6) is -1.55. The van der Waals surface area contributed by atoms with Crippen molar-refractivity contribution in [2.24, 2.45) is 11.8 Å². The van der Waals surface area contributed by atoms with Crippen LogP contribution in [-0.4, -0.2) is 33.1 Å². The van der Waals surface area contributed by atoms with Gasteiger partial charge < -0.3 is 20.6 Å². The van der Waals surface area contributed by atoms with Crippen molar-refractivity contribution in [1.29, 1.82) is 0 Å². The van der Waals surface area contributed by atoms with Crippen molar-refractivity contribution in [2.45, 2.75) is 45.8 Å². The second-order valence-electron chi connectivity index (χ2n) is 7.16. The molecule has 27 heavy (non-hydrogen) atoms. The average molecular weight is 373 g/mol. The molecule has 6 heteroatoms. The van der Waals surface area contributed by atoms with Crippen molar-refractivity contribution < 1.29 is 24.9 Å². The van der Waals surface area contributed by atoms with E-state index < -0.39 is 23.8 Å². The smallest absolute Gasteiger partial charge is 0.259 e. The molecule has 1 aromatic rings. The SMILES string of the molecule is CC=CC[C@H](C)C[C@H](C)/C(O)=C1/C(=O)N[C@H]([C@H](O)c2ccc(O)cc2)C1=O. The number of hydrogen-bond acceptors (Lipinski definition) is 5. The number of aromatic hydroxyl groups is 1. The third-order valence-electron chi connectivity index (χ3n) is 4.85. The molecule has 1 aliphatic heterocycles. The molecule has 1 saturated heterocycles. The number of rotatable bonds is 7. The van der Waals surface area contributed by atoms with Crippen molar-refractivity contribution in [3.8, 4) is 5.75 Å². The van der Waals surface area contributed by atoms with Crippen LogP contribution in [0.2, 0.25) is 0 Å². The summed E-state index contributed by atoms with van der Waals surface area (Å²) in [6.07, 6.45) is 4.22. The van der Waals surface area contributed by atoms with Gasteiger partial charge in [0.2, 0.25) is 0 Å². The number of hydrogen-bond donors (Lipinski definition) is 4. The molecular formula is C21H27NO5. The molecule has 4 atom stereocenters. The Morgan fingerprint density at radius 1 is 1.22 bits per heavy atom. The predicted octanol–water partition coefficient (Wildman–Crippen LogP) is 2.93. The van der Waals surface area contributed by atoms with Crippen LogP contribution in [0.4, 0.5) is 0 Å². The summed E-state index contributed by atoms with van der Waals surface area (Å²) >= 11 is 0. The number of allylic oxidation sites excluding steroid dienone is 3. The lowest BCUT2D eigenvalue weighted by molar-refractivity contribution is -0.118. The Hall–Kier alpha value is -2.60. The zero-order valence-corrected chi connectivity index (χ0v) is 15.8. The van der Waals surface area contributed by atoms with Gasteiger partial charge in [-0.1, -0.05) is 38.1 Å². The topological polar surface area (TPSA) is 107 Å². The Bertz CT molecular complexity index is 750. The number of nitrogens with one attached hydrogen (secondary N) is 1. The molecule has 6 nitrogen and oxygen atoms in total. The highest BCUT2D eigenvalue weighted by atomic mass is 16.3. The molecule has 0 saturated carbocycles. The third-order valence-corrected chi connectivity index (χ3v) is 4.85. The molecule has 1 aliphatic rings. The van der Waals surface area contributed by atoms with Gasteiger partial charge in [0, 0.05) is 5.92 Å². The fraction of sp³-hybridized carbons (Fsp3) is 0.429. The normalized spacial score (nSPS) is 22.6. The third kappa shape index (κ3) is 4.77. The van der Waals surface area contributed by atoms with E-state index in [1.165, 1.54) is 24.3 Å². The zero-order chi connectivity index (χ0) is 20.1. The predicted molar refractivity (Wildman–Crippen MR) is 102 cm³/mol. The summed E-state index contributed by atoms with van der Waals surface area (Å²) in [6, 6.07) is 4.58. The number of amides is 1. The molecule has 2 rings (SSSR count). The highest BCUT2D eigenvalue weighted by molar-refractivity contribution is 6.27. The Morgan fingerprint density at radius 3 is 2.44 bits per heavy atom. The number of carbonyl (C=O) groups excluding carboxylic acids is 2. The number of ketones is 1. The van der Waals surface area contributed by atoms with Crippen molar-refractivity contribution in [2.75, 3.05) is 0 Å². The maximum atomic E-state index is 12.7. The number of phenolic OH excluding ortho intramolecular Hbond substituents is 1. The monoisotopic (exact) mass is 373 g/mol. The van der Waals surface area contributed by atoms with E-state index in [9.17, 15) is 24.9 Å². The Kier molecular flexibility index (Phi) is 6.80. The summed E-state index contributed by atoms with van der Waals surface area (Å²) in [7, 11) is 0. The average Bonchev–Trinajstić information content (AvgIpc) is 2.93. The Labute approximate surface area is 159 Å². The Balaban J connectivity index is 2.18. The van der Waals surface area contributed by atoms with Gasteiger partial charge in [-0.3, -0.25) is 9.59 Å². The van der Waals surface area contributed by atoms with Crippen LogP contribution in [0.5, 0.6) is 5.75 Å². The fourth-order valence-corrected chi connectivity index (χ4v) is 3.30. The van der Waals surface area contributed by atoms with E-state index >= 15 is 0 Å². The summed E-state index contributed by atoms with van der Waals surface area (Å²) < 4.78 is 0. The molecular weight excluding hydrogens is 346 g/mol. The minimum absolute atomic E-state index is 0.0341. The highest BCUT2D eigenvalue weighted by Gasteiger charge is 2.43. The molecule has 1 heterocycles. The first-order valence-corrected chi connectivity index (χ1v) is 9.12. The zero-order valence-electron chi connectivity index (χ0n) is 15.8. The van der Waals surface area contributed by atoms with Gasteiger partial charge in [0.05, 0.1) is 0 Å². The summed E-state index contributed by atoms with van der Waals surface area (Å²) in [5.41, 5.74) is 0.115. The second-order valence-corrected chi connectivity index (χ2v) is 7.16. The molecule has 0 aliphatic carbocycles. The van der Waals surface area contributed by atoms with Crippen molar-refractivity contribution in [1.82, 2.24) is 5.32 Å². The van der Waals surface area contributed by atoms with Gasteiger partial charge in [-0.25, -0.2) is 0 Å². The number of aliphatic hydroxyl groups excluding tert-OH is 2. The fourth-order valence-electron chi connectivity index (χ4n) is 3.30. The van der Waals surface area contributed by atoms with Gasteiger partial charge in [0.15, 0.2) is 5.78 Å². The van der Waals surface area contributed by atoms with Gasteiger partial charge >= 0.3 is 0 Å². The molecule has 0 aromatic heterocycles. The molecule has 1 amide bonds. The quantitative estimate of drug-likeness (QED) is 0.254. The van der Waals surface area contributed by atoms with Crippen LogP contribution in [0, 0.1) is 11.8 Å². The summed E-state index contributed by atoms with van der Waals surface area (Å²) in [5, 5.41) is 32.8. The van der Waals surface area contributed by atoms with Gasteiger partial charge in [-0.2, -0.15) is 0 Å². The van der Waals surface area contributed by atoms with Gasteiger partial charge in [0.1, 0.15) is 29.2 Å². The molecule has 4 N–H and O–H groups in total. The maximum absolute atomic E-state index is 12.7. The Morgan fingerprint density at radius 2 is 1.85 bits per heavy atom. The van der Waals surface area contributed by atoms with E-state index in [0.717, 1.165) is 6.42 Å². The summed E-state index contributed by atoms with van der Waals surface area (Å²) in [6.45, 7) is 5.76. The molecule has 0 bridgehead atoms. The lowest BCUT2D eigenvalue weighted by Crippen LogP contribution is -2.35. The number of Topliss-reactive ketones (excluding diaryl/α,β-unsaturated/α-hetero) is 1. The first-order valence-electron chi connectivity index (χ1n) is 9.12. The minimum Gasteiger partial charge on any atom is -0.511 e. The molecule has 1 fully saturated rings. The highest BCUT2D eigenvalue weighted by Crippen LogP contribution is 2.29. The lowest BCUT2D eigenvalue weighted by Gasteiger charge is -2.17. The molecule has 0 unspecified atom stereocenters. The standard InChI is InChI=1S/C21H27NO5/c1-4-5-6-12(2)11-13(3)18(24)16-20(26)17(22-21(16)27)19(25)14-7-9-15(23)10-8-14/h4-5,7-10,12-13,17,19,23-25H,6,11H2,1-3H3,(H,22,27)/b5-4?,18-16-/t12-,13-,17+,19+/m0/s1. The van der Waals surface area contributed by atoms with E-state index in [1.54, 1.807) is 6.92 Å². The second kappa shape index (κ2) is 8.86. The maximum Gasteiger partial charge on any atom is 0.259 e. The first-order chi connectivity index (χ1) is 12.8. The number of phenols is 1. The van der Waals surface area contributed by atoms with Crippen LogP contribution in [-0.2, 0) is 9.59 Å². The van der Waals surface area contributed by atoms with Crippen molar-refractivity contribution >= 4 is 11.7 Å². The van der Waals surface area contributed by atoms with Gasteiger partial charge in [-0.15, -0.1) is 0 Å². The first kappa shape index (κ1) is 20.7. The van der Waals surface area contributed by atoms with E-state index in [-0.39, 0.29) is 28.9 Å². The van der Waals surface area contributed by atoms with Crippen molar-refractivity contribution in [3.63, 3.8) is 0 Å². The van der Waals surface area contributed by atoms with Crippen LogP contribution in [0.3, 0.4) is 0 Å². The van der Waals surface area contributed by atoms with Gasteiger partial charge in [0.25, 0.3) is 5.91 Å². The summed E-state index contributed by atoms with van der Waals surface area (Å²) in [4.78, 5) is 25.0. The molecule has 146 valence electrons. The number of carbonyl (C=O) groups is 2. The van der Waals surface area contributed by atoms with Crippen LogP contribution < -0.4 is 5.32 Å². The van der Waals surface area contributed by atoms with Crippen LogP contribution in [0.1, 0.15) is 45.3 Å². The van der Waals surface area contributed by atoms with E-state index in [2.05, 4.69) is 5.32 Å². The van der Waals surface area contributed by atoms with E-state index in [0.29, 0.717) is 12.0 Å². The molecule has 1 aromatic carbocycles. The number of benzene rings is 1. The van der Waals surface area contributed by atoms with E-state index in [1.807, 2.05) is 26.0 Å². The van der Waals surface area contributed by atoms with Gasteiger partial charge in [-0.05, 0) is 43.4 Å². The van der Waals surface area contributed by atoms with Crippen molar-refractivity contribution in [3.05, 3.63) is 53.3 Å². The minimum atomic E-state index is -1.27. The lowest BCUT2D eigenvalue weighted by atomic mass is 9.90. The van der Waals surface area contributed by atoms with Crippen LogP contribution in [0.25, 0.3) is 0 Å². The number of aliphatic hydroxyl groups is 2. The van der Waals surface area contributed by atoms with Crippen LogP contribution >= 0.6 is 0 Å². The molecule has 0 spiro atoms.